The Hall–Kier alpha value is -3.78. The van der Waals surface area contributed by atoms with E-state index in [4.69, 9.17) is 18.6 Å². The summed E-state index contributed by atoms with van der Waals surface area (Å²) < 4.78 is 23.0. The van der Waals surface area contributed by atoms with E-state index in [0.29, 0.717) is 33.8 Å². The number of halogens is 1. The minimum absolute atomic E-state index is 0.0707. The number of carbonyl (C=O) groups excluding carboxylic acids is 1. The third kappa shape index (κ3) is 3.25. The molecule has 2 aliphatic heterocycles. The van der Waals surface area contributed by atoms with E-state index in [1.165, 1.54) is 0 Å². The normalized spacial score (nSPS) is 16.2. The fourth-order valence-corrected chi connectivity index (χ4v) is 4.89. The Morgan fingerprint density at radius 1 is 1.00 bits per heavy atom. The van der Waals surface area contributed by atoms with E-state index in [1.807, 2.05) is 42.5 Å². The molecule has 1 aromatic heterocycles. The lowest BCUT2D eigenvalue weighted by atomic mass is 9.98. The van der Waals surface area contributed by atoms with Crippen molar-refractivity contribution in [3.63, 3.8) is 0 Å². The maximum absolute atomic E-state index is 13.7. The molecule has 4 aromatic rings. The van der Waals surface area contributed by atoms with Crippen molar-refractivity contribution in [3.8, 4) is 17.2 Å². The first-order chi connectivity index (χ1) is 16.5. The van der Waals surface area contributed by atoms with Gasteiger partial charge in [0, 0.05) is 11.0 Å². The smallest absolute Gasteiger partial charge is 0.291 e. The van der Waals surface area contributed by atoms with Crippen LogP contribution >= 0.6 is 15.9 Å². The van der Waals surface area contributed by atoms with Gasteiger partial charge < -0.3 is 23.5 Å². The number of methoxy groups -OCH3 is 1. The van der Waals surface area contributed by atoms with Gasteiger partial charge in [-0.3, -0.25) is 9.59 Å². The van der Waals surface area contributed by atoms with Crippen molar-refractivity contribution >= 4 is 32.8 Å². The Morgan fingerprint density at radius 3 is 2.59 bits per heavy atom. The quantitative estimate of drug-likeness (QED) is 0.376. The summed E-state index contributed by atoms with van der Waals surface area (Å²) in [5.74, 6) is 1.72. The number of nitrogens with zero attached hydrogens (tertiary/aromatic N) is 1. The highest BCUT2D eigenvalue weighted by Crippen LogP contribution is 2.41. The average molecular weight is 520 g/mol. The fourth-order valence-electron chi connectivity index (χ4n) is 4.52. The van der Waals surface area contributed by atoms with Crippen molar-refractivity contribution in [3.05, 3.63) is 97.8 Å². The zero-order valence-corrected chi connectivity index (χ0v) is 19.6. The van der Waals surface area contributed by atoms with Crippen LogP contribution in [-0.2, 0) is 6.54 Å². The molecule has 170 valence electrons. The average Bonchev–Trinajstić information content (AvgIpc) is 3.43. The molecule has 1 atom stereocenters. The molecule has 2 aliphatic rings. The van der Waals surface area contributed by atoms with E-state index < -0.39 is 6.04 Å². The van der Waals surface area contributed by atoms with Gasteiger partial charge in [-0.2, -0.15) is 0 Å². The van der Waals surface area contributed by atoms with Crippen molar-refractivity contribution in [2.45, 2.75) is 12.6 Å². The second-order valence-corrected chi connectivity index (χ2v) is 9.03. The molecule has 3 heterocycles. The van der Waals surface area contributed by atoms with Gasteiger partial charge in [0.05, 0.1) is 24.1 Å². The lowest BCUT2D eigenvalue weighted by molar-refractivity contribution is 0.0714. The first-order valence-electron chi connectivity index (χ1n) is 10.6. The third-order valence-electron chi connectivity index (χ3n) is 6.15. The molecule has 0 saturated heterocycles. The van der Waals surface area contributed by atoms with Crippen molar-refractivity contribution in [1.82, 2.24) is 4.90 Å². The highest BCUT2D eigenvalue weighted by molar-refractivity contribution is 9.10. The van der Waals surface area contributed by atoms with Gasteiger partial charge in [-0.25, -0.2) is 0 Å². The molecule has 0 aliphatic carbocycles. The number of hydrogen-bond donors (Lipinski definition) is 0. The highest BCUT2D eigenvalue weighted by Gasteiger charge is 2.42. The summed E-state index contributed by atoms with van der Waals surface area (Å²) in [4.78, 5) is 28.9. The van der Waals surface area contributed by atoms with Crippen LogP contribution in [0.4, 0.5) is 0 Å². The topological polar surface area (TPSA) is 78.2 Å². The largest absolute Gasteiger partial charge is 0.497 e. The molecule has 6 rings (SSSR count). The van der Waals surface area contributed by atoms with Crippen molar-refractivity contribution in [1.29, 1.82) is 0 Å². The first-order valence-corrected chi connectivity index (χ1v) is 11.4. The maximum Gasteiger partial charge on any atom is 0.291 e. The Morgan fingerprint density at radius 2 is 1.79 bits per heavy atom. The van der Waals surface area contributed by atoms with Crippen LogP contribution in [0.2, 0.25) is 0 Å². The molecule has 0 radical (unpaired) electrons. The Bertz CT molecular complexity index is 1510. The van der Waals surface area contributed by atoms with E-state index in [9.17, 15) is 9.59 Å². The van der Waals surface area contributed by atoms with Gasteiger partial charge in [-0.05, 0) is 53.6 Å². The maximum atomic E-state index is 13.7. The minimum Gasteiger partial charge on any atom is -0.497 e. The number of hydrogen-bond acceptors (Lipinski definition) is 6. The van der Waals surface area contributed by atoms with Gasteiger partial charge >= 0.3 is 0 Å². The van der Waals surface area contributed by atoms with Crippen LogP contribution in [0.5, 0.6) is 17.2 Å². The van der Waals surface area contributed by atoms with E-state index in [-0.39, 0.29) is 30.4 Å². The van der Waals surface area contributed by atoms with E-state index >= 15 is 0 Å². The fraction of sp³-hybridized carbons (Fsp3) is 0.154. The molecule has 3 aromatic carbocycles. The highest BCUT2D eigenvalue weighted by atomic mass is 79.9. The molecule has 1 unspecified atom stereocenters. The molecule has 0 N–H and O–H groups in total. The summed E-state index contributed by atoms with van der Waals surface area (Å²) in [5.41, 5.74) is 2.12. The zero-order chi connectivity index (χ0) is 23.4. The summed E-state index contributed by atoms with van der Waals surface area (Å²) in [5, 5.41) is 0.421. The van der Waals surface area contributed by atoms with Crippen LogP contribution in [0.3, 0.4) is 0 Å². The van der Waals surface area contributed by atoms with Crippen LogP contribution in [0.1, 0.15) is 33.3 Å². The predicted octanol–water partition coefficient (Wildman–Crippen LogP) is 5.04. The molecule has 0 saturated carbocycles. The van der Waals surface area contributed by atoms with Gasteiger partial charge in [0.1, 0.15) is 11.3 Å². The predicted molar refractivity (Wildman–Crippen MR) is 127 cm³/mol. The monoisotopic (exact) mass is 519 g/mol. The summed E-state index contributed by atoms with van der Waals surface area (Å²) in [6, 6.07) is 17.5. The molecular formula is C26H18BrNO6. The van der Waals surface area contributed by atoms with E-state index in [1.54, 1.807) is 30.2 Å². The lowest BCUT2D eigenvalue weighted by Crippen LogP contribution is -2.29. The van der Waals surface area contributed by atoms with E-state index in [0.717, 1.165) is 15.6 Å². The van der Waals surface area contributed by atoms with Crippen LogP contribution in [0.25, 0.3) is 11.0 Å². The number of rotatable bonds is 4. The molecule has 8 heteroatoms. The second kappa shape index (κ2) is 7.92. The van der Waals surface area contributed by atoms with Crippen LogP contribution < -0.4 is 19.6 Å². The number of ether oxygens (including phenoxy) is 3. The number of benzene rings is 3. The van der Waals surface area contributed by atoms with Gasteiger partial charge in [-0.1, -0.05) is 34.1 Å². The number of fused-ring (bicyclic) bond motifs is 3. The summed E-state index contributed by atoms with van der Waals surface area (Å²) in [6.45, 7) is 0.428. The summed E-state index contributed by atoms with van der Waals surface area (Å²) in [6.07, 6.45) is 0. The number of amides is 1. The second-order valence-electron chi connectivity index (χ2n) is 8.11. The Balaban J connectivity index is 1.51. The summed E-state index contributed by atoms with van der Waals surface area (Å²) >= 11 is 3.42. The third-order valence-corrected chi connectivity index (χ3v) is 6.64. The molecule has 34 heavy (non-hydrogen) atoms. The standard InChI is InChI=1S/C26H18BrNO6/c1-31-17-6-3-15(4-7-17)23-22-24(29)18-11-16(27)5-9-19(18)34-25(22)26(30)28(23)12-14-2-8-20-21(10-14)33-13-32-20/h2-11,23H,12-13H2,1H3. The van der Waals surface area contributed by atoms with Crippen LogP contribution in [-0.4, -0.2) is 24.7 Å². The molecule has 0 spiro atoms. The number of carbonyl (C=O) groups is 1. The van der Waals surface area contributed by atoms with Crippen molar-refractivity contribution in [2.75, 3.05) is 13.9 Å². The molecule has 7 nitrogen and oxygen atoms in total. The van der Waals surface area contributed by atoms with Crippen molar-refractivity contribution < 1.29 is 23.4 Å². The molecule has 0 fully saturated rings. The van der Waals surface area contributed by atoms with Crippen molar-refractivity contribution in [2.24, 2.45) is 0 Å². The molecule has 0 bridgehead atoms. The Kier molecular flexibility index (Phi) is 4.84. The van der Waals surface area contributed by atoms with E-state index in [2.05, 4.69) is 15.9 Å². The molecular weight excluding hydrogens is 502 g/mol. The van der Waals surface area contributed by atoms with Crippen LogP contribution in [0.15, 0.2) is 74.3 Å². The SMILES string of the molecule is COc1ccc(C2c3c(oc4ccc(Br)cc4c3=O)C(=O)N2Cc2ccc3c(c2)OCO3)cc1. The van der Waals surface area contributed by atoms with Crippen LogP contribution in [0, 0.1) is 0 Å². The summed E-state index contributed by atoms with van der Waals surface area (Å²) in [7, 11) is 1.59. The molecule has 1 amide bonds. The minimum atomic E-state index is -0.613. The van der Waals surface area contributed by atoms with Gasteiger partial charge in [0.2, 0.25) is 12.6 Å². The zero-order valence-electron chi connectivity index (χ0n) is 18.0. The lowest BCUT2D eigenvalue weighted by Gasteiger charge is -2.25. The van der Waals surface area contributed by atoms with Gasteiger partial charge in [-0.15, -0.1) is 0 Å². The first kappa shape index (κ1) is 20.8. The van der Waals surface area contributed by atoms with Gasteiger partial charge in [0.25, 0.3) is 5.91 Å². The Labute approximate surface area is 202 Å². The van der Waals surface area contributed by atoms with Gasteiger partial charge in [0.15, 0.2) is 16.9 Å².